The minimum atomic E-state index is -3.54. The van der Waals surface area contributed by atoms with E-state index in [2.05, 4.69) is 15.0 Å². The summed E-state index contributed by atoms with van der Waals surface area (Å²) in [7, 11) is -1.88. The van der Waals surface area contributed by atoms with Crippen LogP contribution in [0.1, 0.15) is 6.92 Å². The highest BCUT2D eigenvalue weighted by molar-refractivity contribution is 7.89. The zero-order valence-corrected chi connectivity index (χ0v) is 10.8. The summed E-state index contributed by atoms with van der Waals surface area (Å²) >= 11 is 0. The van der Waals surface area contributed by atoms with Crippen LogP contribution in [0.2, 0.25) is 0 Å². The molecule has 96 valence electrons. The highest BCUT2D eigenvalue weighted by atomic mass is 32.2. The molecule has 0 unspecified atom stereocenters. The summed E-state index contributed by atoms with van der Waals surface area (Å²) in [6, 6.07) is 1.61. The predicted octanol–water partition coefficient (Wildman–Crippen LogP) is 0.438. The van der Waals surface area contributed by atoms with E-state index >= 15 is 0 Å². The third kappa shape index (κ3) is 3.95. The molecule has 0 fully saturated rings. The average Bonchev–Trinajstić information content (AvgIpc) is 2.34. The average molecular weight is 259 g/mol. The molecule has 0 atom stereocenters. The summed E-state index contributed by atoms with van der Waals surface area (Å²) in [4.78, 5) is 3.95. The molecule has 0 spiro atoms. The lowest BCUT2D eigenvalue weighted by Gasteiger charge is -2.10. The monoisotopic (exact) mass is 259 g/mol. The van der Waals surface area contributed by atoms with Gasteiger partial charge in [0.25, 0.3) is 0 Å². The highest BCUT2D eigenvalue weighted by Crippen LogP contribution is 2.18. The van der Waals surface area contributed by atoms with Gasteiger partial charge in [0.05, 0.1) is 12.3 Å². The SMILES string of the molecule is CCOCCNS(=O)(=O)c1cnccc1NC. The van der Waals surface area contributed by atoms with Crippen LogP contribution < -0.4 is 10.0 Å². The van der Waals surface area contributed by atoms with Gasteiger partial charge in [-0.05, 0) is 13.0 Å². The van der Waals surface area contributed by atoms with E-state index in [9.17, 15) is 8.42 Å². The molecule has 1 aromatic heterocycles. The summed E-state index contributed by atoms with van der Waals surface area (Å²) < 4.78 is 31.4. The molecule has 0 aliphatic carbocycles. The molecule has 1 heterocycles. The lowest BCUT2D eigenvalue weighted by atomic mass is 10.4. The minimum absolute atomic E-state index is 0.138. The second-order valence-corrected chi connectivity index (χ2v) is 4.95. The maximum Gasteiger partial charge on any atom is 0.244 e. The van der Waals surface area contributed by atoms with Gasteiger partial charge >= 0.3 is 0 Å². The molecule has 0 amide bonds. The number of nitrogens with zero attached hydrogens (tertiary/aromatic N) is 1. The maximum atomic E-state index is 11.9. The van der Waals surface area contributed by atoms with Crippen molar-refractivity contribution in [3.63, 3.8) is 0 Å². The van der Waals surface area contributed by atoms with Crippen LogP contribution in [-0.2, 0) is 14.8 Å². The van der Waals surface area contributed by atoms with Crippen LogP contribution in [0, 0.1) is 0 Å². The molecule has 0 saturated carbocycles. The van der Waals surface area contributed by atoms with Crippen LogP contribution >= 0.6 is 0 Å². The second kappa shape index (κ2) is 6.53. The molecule has 7 heteroatoms. The van der Waals surface area contributed by atoms with Crippen molar-refractivity contribution in [2.24, 2.45) is 0 Å². The second-order valence-electron chi connectivity index (χ2n) is 3.22. The first-order chi connectivity index (χ1) is 8.11. The third-order valence-electron chi connectivity index (χ3n) is 2.09. The van der Waals surface area contributed by atoms with Gasteiger partial charge in [-0.1, -0.05) is 0 Å². The fourth-order valence-corrected chi connectivity index (χ4v) is 2.44. The van der Waals surface area contributed by atoms with Gasteiger partial charge in [-0.15, -0.1) is 0 Å². The van der Waals surface area contributed by atoms with Crippen LogP contribution in [0.25, 0.3) is 0 Å². The van der Waals surface area contributed by atoms with Crippen molar-refractivity contribution in [2.45, 2.75) is 11.8 Å². The highest BCUT2D eigenvalue weighted by Gasteiger charge is 2.17. The van der Waals surface area contributed by atoms with E-state index in [4.69, 9.17) is 4.74 Å². The molecule has 0 saturated heterocycles. The number of sulfonamides is 1. The molecule has 0 radical (unpaired) electrons. The zero-order valence-electron chi connectivity index (χ0n) is 9.93. The summed E-state index contributed by atoms with van der Waals surface area (Å²) in [6.07, 6.45) is 2.85. The number of hydrogen-bond acceptors (Lipinski definition) is 5. The predicted molar refractivity (Wildman–Crippen MR) is 65.5 cm³/mol. The molecule has 0 aromatic carbocycles. The van der Waals surface area contributed by atoms with Crippen molar-refractivity contribution in [3.8, 4) is 0 Å². The molecule has 0 aliphatic rings. The lowest BCUT2D eigenvalue weighted by Crippen LogP contribution is -2.28. The molecule has 17 heavy (non-hydrogen) atoms. The minimum Gasteiger partial charge on any atom is -0.387 e. The van der Waals surface area contributed by atoms with Crippen LogP contribution in [0.15, 0.2) is 23.4 Å². The Hall–Kier alpha value is -1.18. The molecular formula is C10H17N3O3S. The first-order valence-electron chi connectivity index (χ1n) is 5.31. The zero-order chi connectivity index (χ0) is 12.7. The quantitative estimate of drug-likeness (QED) is 0.694. The molecule has 0 aliphatic heterocycles. The summed E-state index contributed by atoms with van der Waals surface area (Å²) in [5.41, 5.74) is 0.518. The Labute approximate surface area is 101 Å². The van der Waals surface area contributed by atoms with Crippen molar-refractivity contribution < 1.29 is 13.2 Å². The fourth-order valence-electron chi connectivity index (χ4n) is 1.27. The van der Waals surface area contributed by atoms with Crippen molar-refractivity contribution in [1.29, 1.82) is 0 Å². The van der Waals surface area contributed by atoms with E-state index in [0.29, 0.717) is 18.9 Å². The van der Waals surface area contributed by atoms with Gasteiger partial charge in [-0.25, -0.2) is 13.1 Å². The van der Waals surface area contributed by atoms with Crippen LogP contribution in [0.4, 0.5) is 5.69 Å². The third-order valence-corrected chi connectivity index (χ3v) is 3.57. The van der Waals surface area contributed by atoms with Gasteiger partial charge in [0, 0.05) is 32.6 Å². The number of aromatic nitrogens is 1. The normalized spacial score (nSPS) is 11.4. The molecule has 6 nitrogen and oxygen atoms in total. The van der Waals surface area contributed by atoms with Crippen molar-refractivity contribution in [3.05, 3.63) is 18.5 Å². The molecular weight excluding hydrogens is 242 g/mol. The standard InChI is InChI=1S/C10H17N3O3S/c1-3-16-7-6-13-17(14,15)10-8-12-5-4-9(10)11-2/h4-5,8,13H,3,6-7H2,1-2H3,(H,11,12). The lowest BCUT2D eigenvalue weighted by molar-refractivity contribution is 0.153. The van der Waals surface area contributed by atoms with E-state index in [-0.39, 0.29) is 11.4 Å². The largest absolute Gasteiger partial charge is 0.387 e. The number of rotatable bonds is 7. The number of hydrogen-bond donors (Lipinski definition) is 2. The van der Waals surface area contributed by atoms with Crippen LogP contribution in [0.5, 0.6) is 0 Å². The van der Waals surface area contributed by atoms with E-state index in [1.54, 1.807) is 13.1 Å². The van der Waals surface area contributed by atoms with Crippen LogP contribution in [-0.4, -0.2) is 40.2 Å². The number of anilines is 1. The Bertz CT molecular complexity index is 448. The van der Waals surface area contributed by atoms with Crippen molar-refractivity contribution >= 4 is 15.7 Å². The number of pyridine rings is 1. The van der Waals surface area contributed by atoms with Gasteiger partial charge in [0.2, 0.25) is 10.0 Å². The Balaban J connectivity index is 2.75. The summed E-state index contributed by atoms with van der Waals surface area (Å²) in [5, 5.41) is 2.81. The fraction of sp³-hybridized carbons (Fsp3) is 0.500. The van der Waals surface area contributed by atoms with Crippen molar-refractivity contribution in [1.82, 2.24) is 9.71 Å². The molecule has 0 bridgehead atoms. The van der Waals surface area contributed by atoms with E-state index in [1.807, 2.05) is 6.92 Å². The van der Waals surface area contributed by atoms with Gasteiger partial charge in [-0.2, -0.15) is 0 Å². The maximum absolute atomic E-state index is 11.9. The Morgan fingerprint density at radius 1 is 1.47 bits per heavy atom. The topological polar surface area (TPSA) is 80.3 Å². The number of nitrogens with one attached hydrogen (secondary N) is 2. The summed E-state index contributed by atoms with van der Waals surface area (Å²) in [5.74, 6) is 0. The van der Waals surface area contributed by atoms with Crippen molar-refractivity contribution in [2.75, 3.05) is 32.1 Å². The van der Waals surface area contributed by atoms with Gasteiger partial charge in [0.1, 0.15) is 4.90 Å². The first-order valence-corrected chi connectivity index (χ1v) is 6.79. The number of ether oxygens (including phenoxy) is 1. The van der Waals surface area contributed by atoms with Gasteiger partial charge in [-0.3, -0.25) is 4.98 Å². The Morgan fingerprint density at radius 3 is 2.88 bits per heavy atom. The summed E-state index contributed by atoms with van der Waals surface area (Å²) in [6.45, 7) is 3.02. The van der Waals surface area contributed by atoms with Gasteiger partial charge < -0.3 is 10.1 Å². The van der Waals surface area contributed by atoms with E-state index < -0.39 is 10.0 Å². The van der Waals surface area contributed by atoms with Crippen LogP contribution in [0.3, 0.4) is 0 Å². The van der Waals surface area contributed by atoms with Gasteiger partial charge in [0.15, 0.2) is 0 Å². The smallest absolute Gasteiger partial charge is 0.244 e. The van der Waals surface area contributed by atoms with E-state index in [0.717, 1.165) is 0 Å². The van der Waals surface area contributed by atoms with E-state index in [1.165, 1.54) is 12.4 Å². The molecule has 1 aromatic rings. The first kappa shape index (κ1) is 13.9. The molecule has 1 rings (SSSR count). The Kier molecular flexibility index (Phi) is 5.33. The molecule has 2 N–H and O–H groups in total. The Morgan fingerprint density at radius 2 is 2.24 bits per heavy atom.